The van der Waals surface area contributed by atoms with Crippen molar-refractivity contribution in [1.29, 1.82) is 0 Å². The molecule has 0 amide bonds. The standard InChI is InChI=1S/C22H21ClN6O3S/c23-19-4-2-1-3-18(19)14-25-22(33)27-26-13-17-7-5-16(6-8-17)9-10-20-24-15-21(29(31)32)28(20)11-12-30/h1-10,13,15,30H,11-12,14H2,(H2,25,27,33)/b10-9+,26-13+. The average Bonchev–Trinajstić information content (AvgIpc) is 3.21. The Labute approximate surface area is 200 Å². The minimum atomic E-state index is -0.528. The van der Waals surface area contributed by atoms with Crippen LogP contribution in [0.25, 0.3) is 12.2 Å². The monoisotopic (exact) mass is 484 g/mol. The lowest BCUT2D eigenvalue weighted by molar-refractivity contribution is -0.392. The van der Waals surface area contributed by atoms with Crippen LogP contribution in [0.1, 0.15) is 22.5 Å². The van der Waals surface area contributed by atoms with E-state index in [1.165, 1.54) is 10.8 Å². The molecule has 0 saturated carbocycles. The fraction of sp³-hybridized carbons (Fsp3) is 0.136. The first kappa shape index (κ1) is 24.1. The zero-order valence-electron chi connectivity index (χ0n) is 17.4. The molecule has 3 rings (SSSR count). The molecular formula is C22H21ClN6O3S. The van der Waals surface area contributed by atoms with Crippen LogP contribution in [0.15, 0.2) is 59.8 Å². The second-order valence-electron chi connectivity index (χ2n) is 6.75. The number of rotatable bonds is 9. The molecule has 2 aromatic carbocycles. The molecule has 11 heteroatoms. The van der Waals surface area contributed by atoms with E-state index < -0.39 is 4.92 Å². The number of nitrogens with one attached hydrogen (secondary N) is 2. The van der Waals surface area contributed by atoms with Crippen molar-refractivity contribution in [2.45, 2.75) is 13.1 Å². The number of hydrogen-bond donors (Lipinski definition) is 3. The molecule has 1 aromatic heterocycles. The second-order valence-corrected chi connectivity index (χ2v) is 7.57. The van der Waals surface area contributed by atoms with Crippen molar-refractivity contribution >= 4 is 53.1 Å². The van der Waals surface area contributed by atoms with Crippen LogP contribution in [-0.4, -0.2) is 37.5 Å². The number of aromatic nitrogens is 2. The van der Waals surface area contributed by atoms with Crippen LogP contribution in [0.2, 0.25) is 5.02 Å². The summed E-state index contributed by atoms with van der Waals surface area (Å²) in [5.74, 6) is 0.227. The lowest BCUT2D eigenvalue weighted by atomic mass is 10.1. The maximum atomic E-state index is 11.1. The van der Waals surface area contributed by atoms with E-state index in [0.717, 1.165) is 16.7 Å². The molecule has 0 bridgehead atoms. The van der Waals surface area contributed by atoms with Crippen LogP contribution >= 0.6 is 23.8 Å². The van der Waals surface area contributed by atoms with E-state index in [-0.39, 0.29) is 19.0 Å². The third kappa shape index (κ3) is 6.94. The van der Waals surface area contributed by atoms with Crippen LogP contribution in [0.5, 0.6) is 0 Å². The fourth-order valence-electron chi connectivity index (χ4n) is 2.87. The molecule has 0 aliphatic carbocycles. The maximum absolute atomic E-state index is 11.1. The zero-order valence-corrected chi connectivity index (χ0v) is 19.0. The van der Waals surface area contributed by atoms with Gasteiger partial charge in [0.15, 0.2) is 5.11 Å². The highest BCUT2D eigenvalue weighted by molar-refractivity contribution is 7.80. The van der Waals surface area contributed by atoms with Crippen molar-refractivity contribution < 1.29 is 10.0 Å². The van der Waals surface area contributed by atoms with E-state index >= 15 is 0 Å². The summed E-state index contributed by atoms with van der Waals surface area (Å²) >= 11 is 11.3. The molecule has 0 saturated heterocycles. The molecule has 0 aliphatic rings. The molecule has 0 aliphatic heterocycles. The topological polar surface area (TPSA) is 118 Å². The number of hydrazone groups is 1. The molecule has 0 fully saturated rings. The Morgan fingerprint density at radius 1 is 1.21 bits per heavy atom. The van der Waals surface area contributed by atoms with Gasteiger partial charge in [0, 0.05) is 17.6 Å². The van der Waals surface area contributed by atoms with E-state index in [4.69, 9.17) is 28.9 Å². The van der Waals surface area contributed by atoms with Gasteiger partial charge in [0.25, 0.3) is 0 Å². The summed E-state index contributed by atoms with van der Waals surface area (Å²) < 4.78 is 1.35. The highest BCUT2D eigenvalue weighted by Crippen LogP contribution is 2.17. The lowest BCUT2D eigenvalue weighted by Gasteiger charge is -2.08. The summed E-state index contributed by atoms with van der Waals surface area (Å²) in [7, 11) is 0. The van der Waals surface area contributed by atoms with Crippen LogP contribution in [-0.2, 0) is 13.1 Å². The molecule has 33 heavy (non-hydrogen) atoms. The Bertz CT molecular complexity index is 1180. The number of imidazole rings is 1. The van der Waals surface area contributed by atoms with Crippen LogP contribution < -0.4 is 10.7 Å². The number of hydrogen-bond acceptors (Lipinski definition) is 6. The predicted octanol–water partition coefficient (Wildman–Crippen LogP) is 3.61. The number of benzene rings is 2. The molecule has 0 radical (unpaired) electrons. The molecule has 0 unspecified atom stereocenters. The minimum absolute atomic E-state index is 0.0908. The smallest absolute Gasteiger partial charge is 0.343 e. The second kappa shape index (κ2) is 11.9. The first-order chi connectivity index (χ1) is 16.0. The van der Waals surface area contributed by atoms with Crippen molar-refractivity contribution in [3.05, 3.63) is 92.4 Å². The Morgan fingerprint density at radius 2 is 1.94 bits per heavy atom. The first-order valence-corrected chi connectivity index (χ1v) is 10.7. The third-order valence-electron chi connectivity index (χ3n) is 4.51. The maximum Gasteiger partial charge on any atom is 0.343 e. The summed E-state index contributed by atoms with van der Waals surface area (Å²) in [4.78, 5) is 14.6. The molecule has 0 atom stereocenters. The highest BCUT2D eigenvalue weighted by atomic mass is 35.5. The zero-order chi connectivity index (χ0) is 23.6. The summed E-state index contributed by atoms with van der Waals surface area (Å²) in [6, 6.07) is 15.0. The molecule has 3 N–H and O–H groups in total. The predicted molar refractivity (Wildman–Crippen MR) is 133 cm³/mol. The number of aliphatic hydroxyl groups excluding tert-OH is 1. The number of nitro groups is 1. The van der Waals surface area contributed by atoms with Gasteiger partial charge in [-0.15, -0.1) is 0 Å². The van der Waals surface area contributed by atoms with Gasteiger partial charge in [-0.2, -0.15) is 5.10 Å². The number of aliphatic hydroxyl groups is 1. The van der Waals surface area contributed by atoms with Crippen LogP contribution in [0.4, 0.5) is 5.82 Å². The molecule has 3 aromatic rings. The van der Waals surface area contributed by atoms with Gasteiger partial charge in [-0.25, -0.2) is 9.55 Å². The summed E-state index contributed by atoms with van der Waals surface area (Å²) in [6.45, 7) is 0.355. The van der Waals surface area contributed by atoms with Gasteiger partial charge in [-0.05, 0) is 46.0 Å². The van der Waals surface area contributed by atoms with Gasteiger partial charge < -0.3 is 20.5 Å². The molecule has 0 spiro atoms. The van der Waals surface area contributed by atoms with Crippen molar-refractivity contribution in [3.63, 3.8) is 0 Å². The lowest BCUT2D eigenvalue weighted by Crippen LogP contribution is -2.31. The number of halogens is 1. The normalized spacial score (nSPS) is 11.2. The number of thiocarbonyl (C=S) groups is 1. The number of nitrogens with zero attached hydrogens (tertiary/aromatic N) is 4. The average molecular weight is 485 g/mol. The van der Waals surface area contributed by atoms with Crippen LogP contribution in [0.3, 0.4) is 0 Å². The van der Waals surface area contributed by atoms with Crippen molar-refractivity contribution in [2.75, 3.05) is 6.61 Å². The van der Waals surface area contributed by atoms with E-state index in [1.54, 1.807) is 18.4 Å². The quantitative estimate of drug-likeness (QED) is 0.184. The minimum Gasteiger partial charge on any atom is -0.392 e. The summed E-state index contributed by atoms with van der Waals surface area (Å²) in [5.41, 5.74) is 5.42. The third-order valence-corrected chi connectivity index (χ3v) is 5.12. The molecule has 9 nitrogen and oxygen atoms in total. The van der Waals surface area contributed by atoms with E-state index in [1.807, 2.05) is 48.5 Å². The van der Waals surface area contributed by atoms with Crippen molar-refractivity contribution in [2.24, 2.45) is 5.10 Å². The van der Waals surface area contributed by atoms with Gasteiger partial charge in [-0.1, -0.05) is 54.1 Å². The van der Waals surface area contributed by atoms with Gasteiger partial charge in [0.05, 0.1) is 12.8 Å². The Balaban J connectivity index is 1.54. The SMILES string of the molecule is O=[N+]([O-])c1cnc(/C=C/c2ccc(/C=N/NC(=S)NCc3ccccc3Cl)cc2)n1CCO. The largest absolute Gasteiger partial charge is 0.392 e. The Kier molecular flexibility index (Phi) is 8.64. The van der Waals surface area contributed by atoms with Crippen LogP contribution in [0, 0.1) is 10.1 Å². The molecule has 1 heterocycles. The van der Waals surface area contributed by atoms with Gasteiger partial charge in [0.2, 0.25) is 5.82 Å². The highest BCUT2D eigenvalue weighted by Gasteiger charge is 2.17. The van der Waals surface area contributed by atoms with Gasteiger partial charge >= 0.3 is 5.82 Å². The Hall–Kier alpha value is -3.60. The molecule has 170 valence electrons. The fourth-order valence-corrected chi connectivity index (χ4v) is 3.20. The summed E-state index contributed by atoms with van der Waals surface area (Å²) in [5, 5.41) is 28.4. The summed E-state index contributed by atoms with van der Waals surface area (Å²) in [6.07, 6.45) is 6.26. The van der Waals surface area contributed by atoms with E-state index in [9.17, 15) is 10.1 Å². The first-order valence-electron chi connectivity index (χ1n) is 9.87. The Morgan fingerprint density at radius 3 is 2.64 bits per heavy atom. The van der Waals surface area contributed by atoms with Gasteiger partial charge in [0.1, 0.15) is 12.7 Å². The van der Waals surface area contributed by atoms with E-state index in [0.29, 0.717) is 22.5 Å². The molecular weight excluding hydrogens is 464 g/mol. The van der Waals surface area contributed by atoms with Gasteiger partial charge in [-0.3, -0.25) is 5.43 Å². The van der Waals surface area contributed by atoms with E-state index in [2.05, 4.69) is 20.8 Å². The van der Waals surface area contributed by atoms with Crippen molar-refractivity contribution in [3.8, 4) is 0 Å². The van der Waals surface area contributed by atoms with Crippen molar-refractivity contribution in [1.82, 2.24) is 20.3 Å².